The van der Waals surface area contributed by atoms with Crippen LogP contribution in [0.15, 0.2) is 6.33 Å². The van der Waals surface area contributed by atoms with Gasteiger partial charge in [-0.15, -0.1) is 0 Å². The Morgan fingerprint density at radius 3 is 2.44 bits per heavy atom. The van der Waals surface area contributed by atoms with Gasteiger partial charge in [0.2, 0.25) is 5.88 Å². The molecular weight excluding hydrogens is 202 g/mol. The fourth-order valence-corrected chi connectivity index (χ4v) is 1.41. The molecule has 0 amide bonds. The molecule has 0 spiro atoms. The van der Waals surface area contributed by atoms with Gasteiger partial charge in [0.1, 0.15) is 17.7 Å². The lowest BCUT2D eigenvalue weighted by molar-refractivity contribution is 0.122. The number of aromatic nitrogens is 2. The van der Waals surface area contributed by atoms with E-state index in [0.717, 1.165) is 24.3 Å². The van der Waals surface area contributed by atoms with Gasteiger partial charge in [0.05, 0.1) is 5.56 Å². The summed E-state index contributed by atoms with van der Waals surface area (Å²) < 4.78 is 5.82. The van der Waals surface area contributed by atoms with Crippen molar-refractivity contribution in [3.8, 4) is 5.88 Å². The van der Waals surface area contributed by atoms with Crippen LogP contribution in [0.4, 0.5) is 5.82 Å². The molecule has 0 aromatic carbocycles. The summed E-state index contributed by atoms with van der Waals surface area (Å²) in [6.45, 7) is 11.0. The summed E-state index contributed by atoms with van der Waals surface area (Å²) in [5, 5.41) is 3.22. The number of ether oxygens (including phenoxy) is 1. The van der Waals surface area contributed by atoms with Gasteiger partial charge in [-0.1, -0.05) is 6.92 Å². The molecule has 1 heterocycles. The zero-order valence-corrected chi connectivity index (χ0v) is 10.8. The van der Waals surface area contributed by atoms with Crippen LogP contribution >= 0.6 is 0 Å². The maximum atomic E-state index is 5.82. The molecule has 0 unspecified atom stereocenters. The smallest absolute Gasteiger partial charge is 0.222 e. The van der Waals surface area contributed by atoms with Crippen molar-refractivity contribution in [1.29, 1.82) is 0 Å². The Morgan fingerprint density at radius 1 is 1.25 bits per heavy atom. The van der Waals surface area contributed by atoms with E-state index in [1.807, 2.05) is 27.7 Å². The second kappa shape index (κ2) is 5.14. The third-order valence-electron chi connectivity index (χ3n) is 2.01. The van der Waals surface area contributed by atoms with E-state index in [4.69, 9.17) is 4.74 Å². The number of hydrogen-bond donors (Lipinski definition) is 1. The van der Waals surface area contributed by atoms with Crippen LogP contribution in [0.5, 0.6) is 5.88 Å². The van der Waals surface area contributed by atoms with Crippen molar-refractivity contribution in [1.82, 2.24) is 9.97 Å². The Hall–Kier alpha value is -1.32. The average Bonchev–Trinajstić information content (AvgIpc) is 2.16. The van der Waals surface area contributed by atoms with Crippen LogP contribution in [0, 0.1) is 0 Å². The van der Waals surface area contributed by atoms with E-state index < -0.39 is 0 Å². The first-order chi connectivity index (χ1) is 7.48. The summed E-state index contributed by atoms with van der Waals surface area (Å²) in [5.41, 5.74) is 0.807. The third-order valence-corrected chi connectivity index (χ3v) is 2.01. The predicted octanol–water partition coefficient (Wildman–Crippen LogP) is 2.65. The lowest BCUT2D eigenvalue weighted by Gasteiger charge is -2.22. The molecule has 4 nitrogen and oxygen atoms in total. The van der Waals surface area contributed by atoms with Crippen LogP contribution in [0.1, 0.15) is 40.2 Å². The van der Waals surface area contributed by atoms with E-state index >= 15 is 0 Å². The highest BCUT2D eigenvalue weighted by molar-refractivity contribution is 5.48. The van der Waals surface area contributed by atoms with Crippen LogP contribution < -0.4 is 10.1 Å². The minimum atomic E-state index is -0.234. The van der Waals surface area contributed by atoms with Crippen LogP contribution in [-0.2, 0) is 6.42 Å². The van der Waals surface area contributed by atoms with E-state index in [1.54, 1.807) is 0 Å². The Kier molecular flexibility index (Phi) is 4.10. The summed E-state index contributed by atoms with van der Waals surface area (Å²) in [7, 11) is 0. The fraction of sp³-hybridized carbons (Fsp3) is 0.667. The molecule has 0 atom stereocenters. The highest BCUT2D eigenvalue weighted by Crippen LogP contribution is 2.25. The molecule has 0 aliphatic heterocycles. The van der Waals surface area contributed by atoms with Gasteiger partial charge in [-0.2, -0.15) is 0 Å². The predicted molar refractivity (Wildman–Crippen MR) is 66.0 cm³/mol. The molecule has 1 aromatic rings. The van der Waals surface area contributed by atoms with Gasteiger partial charge in [-0.25, -0.2) is 9.97 Å². The molecule has 0 radical (unpaired) electrons. The molecule has 1 N–H and O–H groups in total. The van der Waals surface area contributed by atoms with Gasteiger partial charge < -0.3 is 10.1 Å². The van der Waals surface area contributed by atoms with Gasteiger partial charge in [0, 0.05) is 6.54 Å². The Morgan fingerprint density at radius 2 is 1.94 bits per heavy atom. The molecule has 4 heteroatoms. The number of anilines is 1. The van der Waals surface area contributed by atoms with Crippen molar-refractivity contribution in [2.24, 2.45) is 0 Å². The van der Waals surface area contributed by atoms with Crippen molar-refractivity contribution in [3.05, 3.63) is 11.9 Å². The molecule has 0 aliphatic rings. The number of nitrogens with zero attached hydrogens (tertiary/aromatic N) is 2. The third kappa shape index (κ3) is 3.36. The minimum absolute atomic E-state index is 0.234. The molecule has 0 saturated carbocycles. The molecule has 90 valence electrons. The zero-order valence-electron chi connectivity index (χ0n) is 10.8. The largest absolute Gasteiger partial charge is 0.472 e. The summed E-state index contributed by atoms with van der Waals surface area (Å²) in [5.74, 6) is 1.56. The molecular formula is C12H21N3O. The number of nitrogens with one attached hydrogen (secondary N) is 1. The quantitative estimate of drug-likeness (QED) is 0.852. The monoisotopic (exact) mass is 223 g/mol. The minimum Gasteiger partial charge on any atom is -0.472 e. The van der Waals surface area contributed by atoms with E-state index in [9.17, 15) is 0 Å². The van der Waals surface area contributed by atoms with Gasteiger partial charge in [-0.05, 0) is 34.1 Å². The number of hydrogen-bond acceptors (Lipinski definition) is 4. The molecule has 1 aromatic heterocycles. The lowest BCUT2D eigenvalue weighted by atomic mass is 10.2. The molecule has 16 heavy (non-hydrogen) atoms. The second-order valence-corrected chi connectivity index (χ2v) is 4.60. The molecule has 0 bridgehead atoms. The Bertz CT molecular complexity index is 345. The highest BCUT2D eigenvalue weighted by atomic mass is 16.5. The Labute approximate surface area is 97.5 Å². The van der Waals surface area contributed by atoms with Gasteiger partial charge in [-0.3, -0.25) is 0 Å². The van der Waals surface area contributed by atoms with E-state index in [-0.39, 0.29) is 5.60 Å². The molecule has 1 rings (SSSR count). The lowest BCUT2D eigenvalue weighted by Crippen LogP contribution is -2.24. The van der Waals surface area contributed by atoms with E-state index in [1.165, 1.54) is 6.33 Å². The summed E-state index contributed by atoms with van der Waals surface area (Å²) in [6, 6.07) is 0. The molecule has 0 saturated heterocycles. The van der Waals surface area contributed by atoms with Gasteiger partial charge in [0.25, 0.3) is 0 Å². The van der Waals surface area contributed by atoms with Crippen LogP contribution in [-0.4, -0.2) is 22.1 Å². The summed E-state index contributed by atoms with van der Waals surface area (Å²) in [6.07, 6.45) is 2.40. The van der Waals surface area contributed by atoms with Gasteiger partial charge in [0.15, 0.2) is 0 Å². The number of rotatable bonds is 4. The second-order valence-electron chi connectivity index (χ2n) is 4.60. The van der Waals surface area contributed by atoms with Crippen molar-refractivity contribution in [2.45, 2.75) is 46.6 Å². The first-order valence-corrected chi connectivity index (χ1v) is 5.74. The van der Waals surface area contributed by atoms with Crippen molar-refractivity contribution >= 4 is 5.82 Å². The first-order valence-electron chi connectivity index (χ1n) is 5.74. The Balaban J connectivity index is 3.04. The zero-order chi connectivity index (χ0) is 12.2. The molecule has 0 aliphatic carbocycles. The SMILES string of the molecule is CCNc1ncnc(OC(C)(C)C)c1CC. The van der Waals surface area contributed by atoms with Crippen molar-refractivity contribution in [2.75, 3.05) is 11.9 Å². The standard InChI is InChI=1S/C12H21N3O/c1-6-9-10(13-7-2)14-8-15-11(9)16-12(3,4)5/h8H,6-7H2,1-5H3,(H,13,14,15). The van der Waals surface area contributed by atoms with E-state index in [0.29, 0.717) is 5.88 Å². The summed E-state index contributed by atoms with van der Waals surface area (Å²) in [4.78, 5) is 8.43. The van der Waals surface area contributed by atoms with Crippen molar-refractivity contribution in [3.63, 3.8) is 0 Å². The topological polar surface area (TPSA) is 47.0 Å². The van der Waals surface area contributed by atoms with Crippen LogP contribution in [0.25, 0.3) is 0 Å². The fourth-order valence-electron chi connectivity index (χ4n) is 1.41. The molecule has 0 fully saturated rings. The van der Waals surface area contributed by atoms with Crippen LogP contribution in [0.3, 0.4) is 0 Å². The average molecular weight is 223 g/mol. The van der Waals surface area contributed by atoms with Crippen molar-refractivity contribution < 1.29 is 4.74 Å². The first kappa shape index (κ1) is 12.7. The van der Waals surface area contributed by atoms with Gasteiger partial charge >= 0.3 is 0 Å². The maximum absolute atomic E-state index is 5.82. The normalized spacial score (nSPS) is 11.3. The summed E-state index contributed by atoms with van der Waals surface area (Å²) >= 11 is 0. The maximum Gasteiger partial charge on any atom is 0.222 e. The van der Waals surface area contributed by atoms with E-state index in [2.05, 4.69) is 22.2 Å². The van der Waals surface area contributed by atoms with Crippen LogP contribution in [0.2, 0.25) is 0 Å². The highest BCUT2D eigenvalue weighted by Gasteiger charge is 2.17.